The Morgan fingerprint density at radius 2 is 1.48 bits per heavy atom. The van der Waals surface area contributed by atoms with E-state index in [1.54, 1.807) is 43.5 Å². The first-order valence-corrected chi connectivity index (χ1v) is 9.74. The Morgan fingerprint density at radius 1 is 0.871 bits per heavy atom. The van der Waals surface area contributed by atoms with Gasteiger partial charge in [-0.3, -0.25) is 4.79 Å². The summed E-state index contributed by atoms with van der Waals surface area (Å²) >= 11 is 0. The van der Waals surface area contributed by atoms with Crippen LogP contribution in [0.5, 0.6) is 5.75 Å². The van der Waals surface area contributed by atoms with Crippen LogP contribution in [-0.4, -0.2) is 32.9 Å². The predicted molar refractivity (Wildman–Crippen MR) is 123 cm³/mol. The Kier molecular flexibility index (Phi) is 7.11. The van der Waals surface area contributed by atoms with Crippen LogP contribution in [0.3, 0.4) is 0 Å². The molecule has 0 fully saturated rings. The van der Waals surface area contributed by atoms with Crippen molar-refractivity contribution in [1.29, 1.82) is 0 Å². The van der Waals surface area contributed by atoms with E-state index in [0.717, 1.165) is 22.6 Å². The lowest BCUT2D eigenvalue weighted by molar-refractivity contribution is 0.0955. The molecule has 31 heavy (non-hydrogen) atoms. The van der Waals surface area contributed by atoms with Crippen LogP contribution in [0.2, 0.25) is 0 Å². The minimum absolute atomic E-state index is 0.293. The van der Waals surface area contributed by atoms with Gasteiger partial charge < -0.3 is 9.64 Å². The second kappa shape index (κ2) is 10.2. The highest BCUT2D eigenvalue weighted by Gasteiger charge is 2.08. The van der Waals surface area contributed by atoms with E-state index in [0.29, 0.717) is 17.1 Å². The van der Waals surface area contributed by atoms with Crippen molar-refractivity contribution in [3.8, 4) is 5.75 Å². The molecule has 1 amide bonds. The van der Waals surface area contributed by atoms with Gasteiger partial charge in [0.25, 0.3) is 5.91 Å². The lowest BCUT2D eigenvalue weighted by Gasteiger charge is -2.12. The second-order valence-electron chi connectivity index (χ2n) is 7.08. The maximum Gasteiger partial charge on any atom is 0.271 e. The normalized spacial score (nSPS) is 11.4. The minimum atomic E-state index is -0.318. The summed E-state index contributed by atoms with van der Waals surface area (Å²) < 4.78 is 5.16. The quantitative estimate of drug-likeness (QED) is 0.268. The van der Waals surface area contributed by atoms with Crippen molar-refractivity contribution in [2.75, 3.05) is 26.1 Å². The van der Waals surface area contributed by atoms with Gasteiger partial charge in [0.05, 0.1) is 12.8 Å². The third-order valence-corrected chi connectivity index (χ3v) is 4.55. The van der Waals surface area contributed by atoms with Crippen molar-refractivity contribution in [1.82, 2.24) is 5.43 Å². The molecule has 3 aromatic rings. The zero-order valence-electron chi connectivity index (χ0n) is 18.0. The summed E-state index contributed by atoms with van der Waals surface area (Å²) in [4.78, 5) is 14.5. The fraction of sp³-hybridized carbons (Fsp3) is 0.167. The van der Waals surface area contributed by atoms with Crippen molar-refractivity contribution in [3.05, 3.63) is 89.5 Å². The van der Waals surface area contributed by atoms with E-state index >= 15 is 0 Å². The molecule has 0 unspecified atom stereocenters. The Morgan fingerprint density at radius 3 is 2.06 bits per heavy atom. The summed E-state index contributed by atoms with van der Waals surface area (Å²) in [7, 11) is 5.54. The summed E-state index contributed by atoms with van der Waals surface area (Å²) in [5, 5.41) is 12.8. The van der Waals surface area contributed by atoms with E-state index in [2.05, 4.69) is 20.8 Å². The zero-order chi connectivity index (χ0) is 22.2. The number of nitrogens with one attached hydrogen (secondary N) is 1. The number of hydrogen-bond donors (Lipinski definition) is 1. The van der Waals surface area contributed by atoms with Crippen molar-refractivity contribution in [2.24, 2.45) is 15.3 Å². The molecule has 1 N–H and O–H groups in total. The van der Waals surface area contributed by atoms with Gasteiger partial charge in [0, 0.05) is 30.9 Å². The topological polar surface area (TPSA) is 78.6 Å². The third kappa shape index (κ3) is 5.99. The molecule has 3 rings (SSSR count). The molecule has 0 aromatic heterocycles. The number of anilines is 1. The van der Waals surface area contributed by atoms with Gasteiger partial charge in [-0.1, -0.05) is 17.7 Å². The molecule has 7 nitrogen and oxygen atoms in total. The maximum atomic E-state index is 12.5. The van der Waals surface area contributed by atoms with Gasteiger partial charge in [-0.2, -0.15) is 0 Å². The number of hydrazone groups is 1. The number of azo groups is 1. The van der Waals surface area contributed by atoms with Crippen molar-refractivity contribution in [3.63, 3.8) is 0 Å². The average Bonchev–Trinajstić information content (AvgIpc) is 2.80. The van der Waals surface area contributed by atoms with E-state index in [1.165, 1.54) is 0 Å². The van der Waals surface area contributed by atoms with Gasteiger partial charge in [0.1, 0.15) is 5.75 Å². The second-order valence-corrected chi connectivity index (χ2v) is 7.08. The van der Waals surface area contributed by atoms with Crippen molar-refractivity contribution >= 4 is 23.1 Å². The molecule has 3 aromatic carbocycles. The monoisotopic (exact) mass is 415 g/mol. The Bertz CT molecular complexity index is 1070. The van der Waals surface area contributed by atoms with E-state index in [9.17, 15) is 4.79 Å². The standard InChI is InChI=1S/C24H25N5O2/c1-17-5-7-19(8-6-17)24(30)28-27-23(18-9-13-21(14-10-18)29(2)3)26-25-20-11-15-22(31-4)16-12-20/h5-16H,1-4H3,(H,28,30)/b26-25?,27-23-. The van der Waals surface area contributed by atoms with Crippen LogP contribution in [0.15, 0.2) is 88.1 Å². The number of amidine groups is 1. The first-order chi connectivity index (χ1) is 15.0. The number of hydrogen-bond acceptors (Lipinski definition) is 5. The van der Waals surface area contributed by atoms with Crippen LogP contribution in [0.25, 0.3) is 0 Å². The van der Waals surface area contributed by atoms with Crippen LogP contribution in [0.1, 0.15) is 21.5 Å². The molecule has 0 aliphatic carbocycles. The Balaban J connectivity index is 1.86. The fourth-order valence-corrected chi connectivity index (χ4v) is 2.68. The SMILES string of the molecule is COc1ccc(N=N/C(=N\NC(=O)c2ccc(C)cc2)c2ccc(N(C)C)cc2)cc1. The molecular formula is C24H25N5O2. The highest BCUT2D eigenvalue weighted by atomic mass is 16.5. The molecule has 0 radical (unpaired) electrons. The lowest BCUT2D eigenvalue weighted by atomic mass is 10.1. The largest absolute Gasteiger partial charge is 0.497 e. The number of benzene rings is 3. The number of carbonyl (C=O) groups is 1. The van der Waals surface area contributed by atoms with Gasteiger partial charge in [0.15, 0.2) is 0 Å². The molecular weight excluding hydrogens is 390 g/mol. The number of amides is 1. The highest BCUT2D eigenvalue weighted by Crippen LogP contribution is 2.19. The molecule has 0 saturated heterocycles. The summed E-state index contributed by atoms with van der Waals surface area (Å²) in [6.07, 6.45) is 0. The number of rotatable bonds is 6. The smallest absolute Gasteiger partial charge is 0.271 e. The van der Waals surface area contributed by atoms with E-state index < -0.39 is 0 Å². The summed E-state index contributed by atoms with van der Waals surface area (Å²) in [5.74, 6) is 0.709. The van der Waals surface area contributed by atoms with E-state index in [4.69, 9.17) is 4.74 Å². The number of carbonyl (C=O) groups excluding carboxylic acids is 1. The van der Waals surface area contributed by atoms with Gasteiger partial charge in [-0.15, -0.1) is 15.3 Å². The van der Waals surface area contributed by atoms with Crippen LogP contribution in [0.4, 0.5) is 11.4 Å². The Hall–Kier alpha value is -4.00. The molecule has 0 aliphatic rings. The average molecular weight is 415 g/mol. The van der Waals surface area contributed by atoms with Crippen LogP contribution >= 0.6 is 0 Å². The summed E-state index contributed by atoms with van der Waals surface area (Å²) in [5.41, 5.74) is 6.58. The molecule has 0 heterocycles. The Labute approximate surface area is 182 Å². The predicted octanol–water partition coefficient (Wildman–Crippen LogP) is 4.95. The number of ether oxygens (including phenoxy) is 1. The molecule has 7 heteroatoms. The maximum absolute atomic E-state index is 12.5. The molecule has 0 saturated carbocycles. The van der Waals surface area contributed by atoms with E-state index in [1.807, 2.05) is 62.3 Å². The van der Waals surface area contributed by atoms with Crippen LogP contribution in [-0.2, 0) is 0 Å². The molecule has 0 aliphatic heterocycles. The number of aryl methyl sites for hydroxylation is 1. The number of methoxy groups -OCH3 is 1. The zero-order valence-corrected chi connectivity index (χ0v) is 18.0. The van der Waals surface area contributed by atoms with Gasteiger partial charge in [-0.05, 0) is 67.6 Å². The molecule has 0 bridgehead atoms. The van der Waals surface area contributed by atoms with Gasteiger partial charge >= 0.3 is 0 Å². The van der Waals surface area contributed by atoms with Crippen molar-refractivity contribution < 1.29 is 9.53 Å². The van der Waals surface area contributed by atoms with Crippen LogP contribution in [0, 0.1) is 6.92 Å². The van der Waals surface area contributed by atoms with Crippen molar-refractivity contribution in [2.45, 2.75) is 6.92 Å². The molecule has 158 valence electrons. The molecule has 0 spiro atoms. The van der Waals surface area contributed by atoms with E-state index in [-0.39, 0.29) is 5.91 Å². The first-order valence-electron chi connectivity index (χ1n) is 9.74. The lowest BCUT2D eigenvalue weighted by Crippen LogP contribution is -2.19. The summed E-state index contributed by atoms with van der Waals surface area (Å²) in [6.45, 7) is 1.97. The fourth-order valence-electron chi connectivity index (χ4n) is 2.68. The van der Waals surface area contributed by atoms with Gasteiger partial charge in [-0.25, -0.2) is 5.43 Å². The summed E-state index contributed by atoms with van der Waals surface area (Å²) in [6, 6.07) is 22.1. The molecule has 0 atom stereocenters. The van der Waals surface area contributed by atoms with Crippen LogP contribution < -0.4 is 15.1 Å². The highest BCUT2D eigenvalue weighted by molar-refractivity contribution is 6.01. The van der Waals surface area contributed by atoms with Gasteiger partial charge in [0.2, 0.25) is 5.84 Å². The number of nitrogens with zero attached hydrogens (tertiary/aromatic N) is 4. The minimum Gasteiger partial charge on any atom is -0.497 e. The first kappa shape index (κ1) is 21.7. The third-order valence-electron chi connectivity index (χ3n) is 4.55.